The van der Waals surface area contributed by atoms with E-state index < -0.39 is 11.9 Å². The summed E-state index contributed by atoms with van der Waals surface area (Å²) >= 11 is 6.09. The van der Waals surface area contributed by atoms with Gasteiger partial charge in [0.25, 0.3) is 0 Å². The Kier molecular flexibility index (Phi) is 3.55. The van der Waals surface area contributed by atoms with E-state index in [-0.39, 0.29) is 17.8 Å². The molecule has 1 aliphatic rings. The molecule has 3 rings (SSSR count). The molecule has 0 saturated heterocycles. The molecule has 0 N–H and O–H groups in total. The van der Waals surface area contributed by atoms with Crippen molar-refractivity contribution in [1.29, 1.82) is 0 Å². The smallest absolute Gasteiger partial charge is 0.170 e. The zero-order chi connectivity index (χ0) is 15.0. The van der Waals surface area contributed by atoms with Gasteiger partial charge in [-0.3, -0.25) is 4.79 Å². The average Bonchev–Trinajstić information content (AvgIpc) is 2.47. The molecular formula is C16H12ClFO3. The van der Waals surface area contributed by atoms with Gasteiger partial charge >= 0.3 is 0 Å². The number of fused-ring (bicyclic) bond motifs is 1. The van der Waals surface area contributed by atoms with Crippen molar-refractivity contribution in [3.8, 4) is 11.5 Å². The highest BCUT2D eigenvalue weighted by Gasteiger charge is 2.28. The van der Waals surface area contributed by atoms with Crippen LogP contribution in [0.15, 0.2) is 36.4 Å². The van der Waals surface area contributed by atoms with Crippen LogP contribution < -0.4 is 9.47 Å². The van der Waals surface area contributed by atoms with E-state index in [4.69, 9.17) is 21.1 Å². The van der Waals surface area contributed by atoms with Crippen LogP contribution in [-0.4, -0.2) is 12.9 Å². The molecule has 0 bridgehead atoms. The van der Waals surface area contributed by atoms with Crippen LogP contribution in [-0.2, 0) is 0 Å². The third-order valence-corrected chi connectivity index (χ3v) is 3.73. The molecule has 0 spiro atoms. The summed E-state index contributed by atoms with van der Waals surface area (Å²) in [7, 11) is 1.53. The normalized spacial score (nSPS) is 17.1. The molecule has 3 nitrogen and oxygen atoms in total. The Balaban J connectivity index is 1.94. The lowest BCUT2D eigenvalue weighted by molar-refractivity contribution is 0.0849. The molecule has 0 aromatic heterocycles. The number of benzene rings is 2. The second-order valence-corrected chi connectivity index (χ2v) is 5.18. The van der Waals surface area contributed by atoms with Crippen LogP contribution in [0.3, 0.4) is 0 Å². The van der Waals surface area contributed by atoms with E-state index in [2.05, 4.69) is 0 Å². The van der Waals surface area contributed by atoms with Crippen LogP contribution in [0.5, 0.6) is 11.5 Å². The van der Waals surface area contributed by atoms with Crippen LogP contribution in [0.4, 0.5) is 4.39 Å². The van der Waals surface area contributed by atoms with E-state index in [1.807, 2.05) is 0 Å². The molecular weight excluding hydrogens is 295 g/mol. The Bertz CT molecular complexity index is 715. The molecule has 5 heteroatoms. The maximum Gasteiger partial charge on any atom is 0.170 e. The molecule has 21 heavy (non-hydrogen) atoms. The first-order valence-electron chi connectivity index (χ1n) is 6.41. The highest BCUT2D eigenvalue weighted by molar-refractivity contribution is 6.32. The third kappa shape index (κ3) is 2.59. The highest BCUT2D eigenvalue weighted by atomic mass is 35.5. The average molecular weight is 307 g/mol. The summed E-state index contributed by atoms with van der Waals surface area (Å²) in [5, 5.41) is 0.455. The SMILES string of the molecule is COc1ccc(C2CC(=O)c3cc(F)ccc3O2)cc1Cl. The molecule has 0 fully saturated rings. The summed E-state index contributed by atoms with van der Waals surface area (Å²) in [6.45, 7) is 0. The minimum atomic E-state index is -0.448. The molecule has 0 saturated carbocycles. The number of Topliss-reactive ketones (excluding diaryl/α,β-unsaturated/α-hetero) is 1. The van der Waals surface area contributed by atoms with Gasteiger partial charge in [-0.15, -0.1) is 0 Å². The Morgan fingerprint density at radius 3 is 2.81 bits per heavy atom. The van der Waals surface area contributed by atoms with Crippen LogP contribution in [0.25, 0.3) is 0 Å². The second kappa shape index (κ2) is 5.37. The zero-order valence-electron chi connectivity index (χ0n) is 11.2. The standard InChI is InChI=1S/C16H12ClFO3/c1-20-15-4-2-9(6-12(15)17)16-8-13(19)11-7-10(18)3-5-14(11)21-16/h2-7,16H,8H2,1H3. The first kappa shape index (κ1) is 13.9. The predicted molar refractivity (Wildman–Crippen MR) is 76.7 cm³/mol. The maximum absolute atomic E-state index is 13.2. The molecule has 0 amide bonds. The summed E-state index contributed by atoms with van der Waals surface area (Å²) in [5.41, 5.74) is 1.06. The topological polar surface area (TPSA) is 35.5 Å². The lowest BCUT2D eigenvalue weighted by Crippen LogP contribution is -2.20. The van der Waals surface area contributed by atoms with Crippen molar-refractivity contribution in [3.63, 3.8) is 0 Å². The minimum absolute atomic E-state index is 0.146. The highest BCUT2D eigenvalue weighted by Crippen LogP contribution is 2.37. The summed E-state index contributed by atoms with van der Waals surface area (Å²) in [6, 6.07) is 9.19. The number of ketones is 1. The lowest BCUT2D eigenvalue weighted by atomic mass is 9.96. The van der Waals surface area contributed by atoms with E-state index in [1.54, 1.807) is 18.2 Å². The first-order chi connectivity index (χ1) is 10.1. The number of halogens is 2. The van der Waals surface area contributed by atoms with Gasteiger partial charge in [0, 0.05) is 0 Å². The van der Waals surface area contributed by atoms with Crippen LogP contribution in [0.2, 0.25) is 5.02 Å². The first-order valence-corrected chi connectivity index (χ1v) is 6.79. The van der Waals surface area contributed by atoms with Crippen LogP contribution in [0.1, 0.15) is 28.4 Å². The van der Waals surface area contributed by atoms with Crippen molar-refractivity contribution in [2.75, 3.05) is 7.11 Å². The van der Waals surface area contributed by atoms with Gasteiger partial charge in [-0.2, -0.15) is 0 Å². The van der Waals surface area contributed by atoms with Crippen molar-refractivity contribution in [2.45, 2.75) is 12.5 Å². The monoisotopic (exact) mass is 306 g/mol. The molecule has 0 radical (unpaired) electrons. The van der Waals surface area contributed by atoms with Gasteiger partial charge in [-0.25, -0.2) is 4.39 Å². The number of hydrogen-bond acceptors (Lipinski definition) is 3. The van der Waals surface area contributed by atoms with Crippen molar-refractivity contribution >= 4 is 17.4 Å². The molecule has 1 unspecified atom stereocenters. The molecule has 1 heterocycles. The largest absolute Gasteiger partial charge is 0.495 e. The van der Waals surface area contributed by atoms with Gasteiger partial charge < -0.3 is 9.47 Å². The number of rotatable bonds is 2. The molecule has 108 valence electrons. The van der Waals surface area contributed by atoms with Gasteiger partial charge in [-0.1, -0.05) is 17.7 Å². The van der Waals surface area contributed by atoms with Crippen LogP contribution >= 0.6 is 11.6 Å². The zero-order valence-corrected chi connectivity index (χ0v) is 12.0. The van der Waals surface area contributed by atoms with E-state index in [9.17, 15) is 9.18 Å². The maximum atomic E-state index is 13.2. The Morgan fingerprint density at radius 2 is 2.10 bits per heavy atom. The summed E-state index contributed by atoms with van der Waals surface area (Å²) < 4.78 is 24.1. The molecule has 2 aromatic carbocycles. The van der Waals surface area contributed by atoms with Gasteiger partial charge in [-0.05, 0) is 35.9 Å². The molecule has 2 aromatic rings. The van der Waals surface area contributed by atoms with Crippen molar-refractivity contribution in [3.05, 3.63) is 58.4 Å². The van der Waals surface area contributed by atoms with Crippen LogP contribution in [0, 0.1) is 5.82 Å². The summed E-state index contributed by atoms with van der Waals surface area (Å²) in [5.74, 6) is 0.360. The van der Waals surface area contributed by atoms with Gasteiger partial charge in [0.15, 0.2) is 5.78 Å². The number of carbonyl (C=O) groups is 1. The Labute approximate surface area is 126 Å². The molecule has 1 aliphatic heterocycles. The Morgan fingerprint density at radius 1 is 1.29 bits per heavy atom. The van der Waals surface area contributed by atoms with E-state index in [0.29, 0.717) is 16.5 Å². The fourth-order valence-corrected chi connectivity index (χ4v) is 2.63. The number of methoxy groups -OCH3 is 1. The molecule has 1 atom stereocenters. The third-order valence-electron chi connectivity index (χ3n) is 3.43. The second-order valence-electron chi connectivity index (χ2n) is 4.77. The van der Waals surface area contributed by atoms with Crippen molar-refractivity contribution in [2.24, 2.45) is 0 Å². The fourth-order valence-electron chi connectivity index (χ4n) is 2.36. The molecule has 0 aliphatic carbocycles. The van der Waals surface area contributed by atoms with Crippen molar-refractivity contribution < 1.29 is 18.7 Å². The van der Waals surface area contributed by atoms with Gasteiger partial charge in [0.2, 0.25) is 0 Å². The van der Waals surface area contributed by atoms with E-state index in [1.165, 1.54) is 25.3 Å². The Hall–Kier alpha value is -2.07. The van der Waals surface area contributed by atoms with E-state index in [0.717, 1.165) is 5.56 Å². The number of hydrogen-bond donors (Lipinski definition) is 0. The predicted octanol–water partition coefficient (Wildman–Crippen LogP) is 4.19. The quantitative estimate of drug-likeness (QED) is 0.834. The van der Waals surface area contributed by atoms with E-state index >= 15 is 0 Å². The minimum Gasteiger partial charge on any atom is -0.495 e. The number of carbonyl (C=O) groups excluding carboxylic acids is 1. The lowest BCUT2D eigenvalue weighted by Gasteiger charge is -2.25. The number of ether oxygens (including phenoxy) is 2. The summed E-state index contributed by atoms with van der Waals surface area (Å²) in [6.07, 6.45) is -0.280. The van der Waals surface area contributed by atoms with Crippen molar-refractivity contribution in [1.82, 2.24) is 0 Å². The van der Waals surface area contributed by atoms with Gasteiger partial charge in [0.1, 0.15) is 23.4 Å². The summed E-state index contributed by atoms with van der Waals surface area (Å²) in [4.78, 5) is 12.1. The fraction of sp³-hybridized carbons (Fsp3) is 0.188. The van der Waals surface area contributed by atoms with Gasteiger partial charge in [0.05, 0.1) is 24.1 Å².